The first-order valence-corrected chi connectivity index (χ1v) is 17.3. The minimum absolute atomic E-state index is 0.826. The molecule has 0 unspecified atom stereocenters. The number of para-hydroxylation sites is 5. The molecule has 6 nitrogen and oxygen atoms in total. The second-order valence-corrected chi connectivity index (χ2v) is 13.1. The Balaban J connectivity index is 1.11. The van der Waals surface area contributed by atoms with Crippen LogP contribution in [-0.4, -0.2) is 14.5 Å². The highest BCUT2D eigenvalue weighted by Gasteiger charge is 2.26. The van der Waals surface area contributed by atoms with Gasteiger partial charge in [-0.25, -0.2) is 4.98 Å². The van der Waals surface area contributed by atoms with Gasteiger partial charge in [0.15, 0.2) is 11.5 Å². The van der Waals surface area contributed by atoms with Crippen LogP contribution in [0.2, 0.25) is 0 Å². The van der Waals surface area contributed by atoms with Gasteiger partial charge in [0, 0.05) is 44.0 Å². The van der Waals surface area contributed by atoms with Crippen LogP contribution in [0.5, 0.6) is 11.5 Å². The summed E-state index contributed by atoms with van der Waals surface area (Å²) in [6.45, 7) is 0. The maximum absolute atomic E-state index is 6.42. The van der Waals surface area contributed by atoms with Gasteiger partial charge in [0.2, 0.25) is 0 Å². The lowest BCUT2D eigenvalue weighted by Gasteiger charge is -2.32. The van der Waals surface area contributed by atoms with Crippen molar-refractivity contribution in [2.45, 2.75) is 0 Å². The van der Waals surface area contributed by atoms with Gasteiger partial charge < -0.3 is 18.6 Å². The lowest BCUT2D eigenvalue weighted by atomic mass is 10.1. The number of benzene rings is 7. The van der Waals surface area contributed by atoms with Gasteiger partial charge in [-0.1, -0.05) is 84.9 Å². The SMILES string of the molecule is c1ccc(-c2cncc(-c3ccc(-n4c5ccc(N6c7ccccc7Oc7ccccc76)cc5c5cc6oc7ccccc7c6cc54)cc3)n2)cc1. The fraction of sp³-hybridized carbons (Fsp3) is 0. The van der Waals surface area contributed by atoms with Crippen molar-refractivity contribution < 1.29 is 9.15 Å². The fourth-order valence-electron chi connectivity index (χ4n) is 7.66. The number of rotatable bonds is 4. The average molecular weight is 669 g/mol. The maximum Gasteiger partial charge on any atom is 0.151 e. The molecule has 0 saturated carbocycles. The number of nitrogens with zero attached hydrogens (tertiary/aromatic N) is 4. The second kappa shape index (κ2) is 11.2. The van der Waals surface area contributed by atoms with Gasteiger partial charge in [-0.3, -0.25) is 4.98 Å². The molecule has 0 bridgehead atoms. The van der Waals surface area contributed by atoms with E-state index < -0.39 is 0 Å². The smallest absolute Gasteiger partial charge is 0.151 e. The summed E-state index contributed by atoms with van der Waals surface area (Å²) < 4.78 is 15.1. The molecule has 3 aromatic heterocycles. The molecule has 0 atom stereocenters. The van der Waals surface area contributed by atoms with Crippen LogP contribution in [0, 0.1) is 0 Å². The van der Waals surface area contributed by atoms with Crippen molar-refractivity contribution in [2.24, 2.45) is 0 Å². The maximum atomic E-state index is 6.42. The zero-order valence-electron chi connectivity index (χ0n) is 27.8. The summed E-state index contributed by atoms with van der Waals surface area (Å²) in [6, 6.07) is 54.6. The number of fused-ring (bicyclic) bond motifs is 8. The van der Waals surface area contributed by atoms with Crippen molar-refractivity contribution in [2.75, 3.05) is 4.90 Å². The second-order valence-electron chi connectivity index (χ2n) is 13.1. The summed E-state index contributed by atoms with van der Waals surface area (Å²) in [5.74, 6) is 1.65. The molecule has 0 spiro atoms. The molecule has 1 aliphatic heterocycles. The molecule has 0 fully saturated rings. The standard InChI is InChI=1S/C46H28N4O2/c1-2-10-29(11-3-1)37-27-47-28-38(48-37)30-18-20-31(21-19-30)49-39-23-22-32(50-40-13-5-8-16-44(40)52-45-17-9-6-14-41(45)50)24-34(39)35-26-46-36(25-42(35)49)33-12-4-7-15-43(33)51-46/h1-28H. The number of aromatic nitrogens is 3. The van der Waals surface area contributed by atoms with Gasteiger partial charge in [0.25, 0.3) is 0 Å². The van der Waals surface area contributed by atoms with Crippen LogP contribution in [0.4, 0.5) is 17.1 Å². The molecule has 1 aliphatic rings. The van der Waals surface area contributed by atoms with E-state index in [2.05, 4.69) is 118 Å². The van der Waals surface area contributed by atoms with Gasteiger partial charge in [0.1, 0.15) is 11.2 Å². The Morgan fingerprint density at radius 3 is 1.85 bits per heavy atom. The van der Waals surface area contributed by atoms with Gasteiger partial charge >= 0.3 is 0 Å². The van der Waals surface area contributed by atoms with Gasteiger partial charge in [-0.15, -0.1) is 0 Å². The van der Waals surface area contributed by atoms with Gasteiger partial charge in [-0.2, -0.15) is 0 Å². The fourth-order valence-corrected chi connectivity index (χ4v) is 7.66. The van der Waals surface area contributed by atoms with Crippen molar-refractivity contribution in [1.29, 1.82) is 0 Å². The highest BCUT2D eigenvalue weighted by molar-refractivity contribution is 6.17. The summed E-state index contributed by atoms with van der Waals surface area (Å²) in [5.41, 5.74) is 11.8. The van der Waals surface area contributed by atoms with E-state index in [-0.39, 0.29) is 0 Å². The summed E-state index contributed by atoms with van der Waals surface area (Å²) in [6.07, 6.45) is 3.64. The Kier molecular flexibility index (Phi) is 6.15. The van der Waals surface area contributed by atoms with Crippen LogP contribution in [0.3, 0.4) is 0 Å². The Labute approximate surface area is 298 Å². The highest BCUT2D eigenvalue weighted by atomic mass is 16.5. The van der Waals surface area contributed by atoms with Crippen LogP contribution in [0.1, 0.15) is 0 Å². The van der Waals surface area contributed by atoms with Crippen molar-refractivity contribution in [3.05, 3.63) is 170 Å². The Bertz CT molecular complexity index is 2950. The zero-order chi connectivity index (χ0) is 34.2. The number of ether oxygens (including phenoxy) is 1. The highest BCUT2D eigenvalue weighted by Crippen LogP contribution is 2.51. The van der Waals surface area contributed by atoms with Gasteiger partial charge in [-0.05, 0) is 72.8 Å². The van der Waals surface area contributed by atoms with Crippen LogP contribution >= 0.6 is 0 Å². The van der Waals surface area contributed by atoms with Crippen molar-refractivity contribution in [3.8, 4) is 39.7 Å². The Morgan fingerprint density at radius 2 is 1.08 bits per heavy atom. The molecule has 0 radical (unpaired) electrons. The molecule has 0 saturated heterocycles. The first-order chi connectivity index (χ1) is 25.8. The van der Waals surface area contributed by atoms with Crippen molar-refractivity contribution >= 4 is 60.8 Å². The molecule has 11 rings (SSSR count). The molecule has 52 heavy (non-hydrogen) atoms. The number of hydrogen-bond donors (Lipinski definition) is 0. The van der Waals surface area contributed by atoms with E-state index in [1.165, 1.54) is 0 Å². The predicted octanol–water partition coefficient (Wildman–Crippen LogP) is 12.4. The first-order valence-electron chi connectivity index (χ1n) is 17.3. The minimum atomic E-state index is 0.826. The summed E-state index contributed by atoms with van der Waals surface area (Å²) >= 11 is 0. The van der Waals surface area contributed by atoms with E-state index in [1.54, 1.807) is 0 Å². The van der Waals surface area contributed by atoms with Crippen molar-refractivity contribution in [1.82, 2.24) is 14.5 Å². The lowest BCUT2D eigenvalue weighted by molar-refractivity contribution is 0.477. The third kappa shape index (κ3) is 4.38. The number of furan rings is 1. The third-order valence-electron chi connectivity index (χ3n) is 10.1. The Hall–Kier alpha value is -7.18. The van der Waals surface area contributed by atoms with E-state index in [9.17, 15) is 0 Å². The zero-order valence-corrected chi connectivity index (χ0v) is 27.8. The molecular formula is C46H28N4O2. The largest absolute Gasteiger partial charge is 0.456 e. The molecule has 4 heterocycles. The van der Waals surface area contributed by atoms with Crippen molar-refractivity contribution in [3.63, 3.8) is 0 Å². The van der Waals surface area contributed by atoms with Crippen LogP contribution in [0.25, 0.3) is 71.9 Å². The quantitative estimate of drug-likeness (QED) is 0.187. The van der Waals surface area contributed by atoms with E-state index in [1.807, 2.05) is 67.0 Å². The van der Waals surface area contributed by atoms with Crippen LogP contribution in [-0.2, 0) is 0 Å². The molecule has 0 aliphatic carbocycles. The van der Waals surface area contributed by atoms with E-state index in [0.29, 0.717) is 0 Å². The monoisotopic (exact) mass is 668 g/mol. The van der Waals surface area contributed by atoms with E-state index >= 15 is 0 Å². The molecule has 0 amide bonds. The molecular weight excluding hydrogens is 641 g/mol. The van der Waals surface area contributed by atoms with E-state index in [0.717, 1.165) is 101 Å². The first kappa shape index (κ1) is 28.6. The Morgan fingerprint density at radius 1 is 0.442 bits per heavy atom. The normalized spacial score (nSPS) is 12.3. The number of hydrogen-bond acceptors (Lipinski definition) is 5. The van der Waals surface area contributed by atoms with Gasteiger partial charge in [0.05, 0.1) is 46.2 Å². The molecule has 244 valence electrons. The summed E-state index contributed by atoms with van der Waals surface area (Å²) in [5, 5.41) is 4.43. The molecule has 6 heteroatoms. The average Bonchev–Trinajstić information content (AvgIpc) is 3.73. The third-order valence-corrected chi connectivity index (χ3v) is 10.1. The van der Waals surface area contributed by atoms with Crippen LogP contribution < -0.4 is 9.64 Å². The molecule has 0 N–H and O–H groups in total. The topological polar surface area (TPSA) is 56.3 Å². The minimum Gasteiger partial charge on any atom is -0.456 e. The van der Waals surface area contributed by atoms with E-state index in [4.69, 9.17) is 14.1 Å². The summed E-state index contributed by atoms with van der Waals surface area (Å²) in [4.78, 5) is 11.8. The summed E-state index contributed by atoms with van der Waals surface area (Å²) in [7, 11) is 0. The predicted molar refractivity (Wildman–Crippen MR) is 209 cm³/mol. The number of anilines is 3. The molecule has 7 aromatic carbocycles. The van der Waals surface area contributed by atoms with Crippen LogP contribution in [0.15, 0.2) is 175 Å². The lowest BCUT2D eigenvalue weighted by Crippen LogP contribution is -2.15. The molecule has 10 aromatic rings.